The fraction of sp³-hybridized carbons (Fsp3) is 0.462. The number of piperidine rings is 1. The summed E-state index contributed by atoms with van der Waals surface area (Å²) in [5.74, 6) is -1.19. The smallest absolute Gasteiger partial charge is 0.345 e. The standard InChI is InChI=1S/C13H16N2O4S/c1-8(16)15-6-4-9(5-7-15)12(17)14-11-3-2-10(20-11)13(18)19/h2-3,9H,4-7H2,1H3,(H,14,17)(H,18,19). The molecule has 0 atom stereocenters. The van der Waals surface area contributed by atoms with Gasteiger partial charge >= 0.3 is 5.97 Å². The largest absolute Gasteiger partial charge is 0.477 e. The summed E-state index contributed by atoms with van der Waals surface area (Å²) in [5, 5.41) is 12.1. The van der Waals surface area contributed by atoms with Crippen LogP contribution in [0.5, 0.6) is 0 Å². The number of nitrogens with one attached hydrogen (secondary N) is 1. The number of hydrogen-bond donors (Lipinski definition) is 2. The Kier molecular flexibility index (Phi) is 4.39. The number of rotatable bonds is 3. The summed E-state index contributed by atoms with van der Waals surface area (Å²) in [6.45, 7) is 2.72. The van der Waals surface area contributed by atoms with Gasteiger partial charge in [0.1, 0.15) is 4.88 Å². The van der Waals surface area contributed by atoms with Crippen molar-refractivity contribution in [3.63, 3.8) is 0 Å². The Labute approximate surface area is 120 Å². The number of amides is 2. The second-order valence-corrected chi connectivity index (χ2v) is 5.82. The highest BCUT2D eigenvalue weighted by molar-refractivity contribution is 7.18. The van der Waals surface area contributed by atoms with E-state index in [1.807, 2.05) is 0 Å². The summed E-state index contributed by atoms with van der Waals surface area (Å²) in [5.41, 5.74) is 0. The number of likely N-dealkylation sites (tertiary alicyclic amines) is 1. The number of carbonyl (C=O) groups excluding carboxylic acids is 2. The molecule has 2 heterocycles. The van der Waals surface area contributed by atoms with E-state index < -0.39 is 5.97 Å². The Balaban J connectivity index is 1.89. The molecule has 1 fully saturated rings. The molecule has 0 saturated carbocycles. The zero-order chi connectivity index (χ0) is 14.7. The minimum atomic E-state index is -0.995. The van der Waals surface area contributed by atoms with Crippen molar-refractivity contribution in [1.29, 1.82) is 0 Å². The predicted molar refractivity (Wildman–Crippen MR) is 74.9 cm³/mol. The molecule has 1 aliphatic heterocycles. The van der Waals surface area contributed by atoms with Gasteiger partial charge in [-0.25, -0.2) is 4.79 Å². The quantitative estimate of drug-likeness (QED) is 0.887. The maximum atomic E-state index is 12.1. The molecule has 0 unspecified atom stereocenters. The van der Waals surface area contributed by atoms with Gasteiger partial charge in [0.25, 0.3) is 0 Å². The van der Waals surface area contributed by atoms with Gasteiger partial charge in [-0.3, -0.25) is 9.59 Å². The van der Waals surface area contributed by atoms with E-state index in [0.29, 0.717) is 30.9 Å². The average Bonchev–Trinajstić information content (AvgIpc) is 2.87. The van der Waals surface area contributed by atoms with Crippen LogP contribution in [0.1, 0.15) is 29.4 Å². The van der Waals surface area contributed by atoms with Crippen LogP contribution < -0.4 is 5.32 Å². The number of thiophene rings is 1. The number of hydrogen-bond acceptors (Lipinski definition) is 4. The van der Waals surface area contributed by atoms with Crippen molar-refractivity contribution in [3.05, 3.63) is 17.0 Å². The molecule has 1 aromatic heterocycles. The SMILES string of the molecule is CC(=O)N1CCC(C(=O)Nc2ccc(C(=O)O)s2)CC1. The van der Waals surface area contributed by atoms with E-state index in [-0.39, 0.29) is 22.6 Å². The van der Waals surface area contributed by atoms with Crippen LogP contribution in [0.4, 0.5) is 5.00 Å². The van der Waals surface area contributed by atoms with Crippen LogP contribution in [0, 0.1) is 5.92 Å². The van der Waals surface area contributed by atoms with Gasteiger partial charge in [0.2, 0.25) is 11.8 Å². The zero-order valence-corrected chi connectivity index (χ0v) is 11.9. The van der Waals surface area contributed by atoms with Gasteiger partial charge in [0.15, 0.2) is 0 Å². The van der Waals surface area contributed by atoms with Crippen LogP contribution >= 0.6 is 11.3 Å². The first-order valence-electron chi connectivity index (χ1n) is 6.37. The number of anilines is 1. The van der Waals surface area contributed by atoms with Gasteiger partial charge in [-0.05, 0) is 25.0 Å². The Morgan fingerprint density at radius 1 is 1.30 bits per heavy atom. The van der Waals surface area contributed by atoms with Crippen LogP contribution in [-0.2, 0) is 9.59 Å². The Morgan fingerprint density at radius 2 is 1.95 bits per heavy atom. The van der Waals surface area contributed by atoms with E-state index in [4.69, 9.17) is 5.11 Å². The number of carboxylic acid groups (broad SMARTS) is 1. The molecular weight excluding hydrogens is 280 g/mol. The lowest BCUT2D eigenvalue weighted by molar-refractivity contribution is -0.132. The van der Waals surface area contributed by atoms with E-state index in [0.717, 1.165) is 11.3 Å². The Morgan fingerprint density at radius 3 is 2.45 bits per heavy atom. The number of aromatic carboxylic acids is 1. The second kappa shape index (κ2) is 6.04. The van der Waals surface area contributed by atoms with Crippen molar-refractivity contribution in [2.75, 3.05) is 18.4 Å². The molecule has 0 spiro atoms. The third-order valence-corrected chi connectivity index (χ3v) is 4.36. The number of carbonyl (C=O) groups is 3. The van der Waals surface area contributed by atoms with Crippen molar-refractivity contribution < 1.29 is 19.5 Å². The van der Waals surface area contributed by atoms with Crippen LogP contribution in [0.2, 0.25) is 0 Å². The first-order valence-corrected chi connectivity index (χ1v) is 7.18. The summed E-state index contributed by atoms with van der Waals surface area (Å²) >= 11 is 1.04. The summed E-state index contributed by atoms with van der Waals surface area (Å²) in [6.07, 6.45) is 1.28. The van der Waals surface area contributed by atoms with Crippen LogP contribution in [-0.4, -0.2) is 40.9 Å². The fourth-order valence-electron chi connectivity index (χ4n) is 2.20. The normalized spacial score (nSPS) is 15.9. The first-order chi connectivity index (χ1) is 9.47. The molecule has 108 valence electrons. The second-order valence-electron chi connectivity index (χ2n) is 4.74. The van der Waals surface area contributed by atoms with Gasteiger partial charge in [0.05, 0.1) is 5.00 Å². The third kappa shape index (κ3) is 3.36. The molecule has 0 bridgehead atoms. The minimum Gasteiger partial charge on any atom is -0.477 e. The van der Waals surface area contributed by atoms with E-state index in [9.17, 15) is 14.4 Å². The number of carboxylic acids is 1. The lowest BCUT2D eigenvalue weighted by Gasteiger charge is -2.30. The van der Waals surface area contributed by atoms with Gasteiger partial charge in [-0.15, -0.1) is 11.3 Å². The van der Waals surface area contributed by atoms with Crippen molar-refractivity contribution in [3.8, 4) is 0 Å². The predicted octanol–water partition coefficient (Wildman–Crippen LogP) is 1.64. The summed E-state index contributed by atoms with van der Waals surface area (Å²) in [4.78, 5) is 36.0. The number of nitrogens with zero attached hydrogens (tertiary/aromatic N) is 1. The van der Waals surface area contributed by atoms with Gasteiger partial charge in [-0.2, -0.15) is 0 Å². The van der Waals surface area contributed by atoms with E-state index >= 15 is 0 Å². The highest BCUT2D eigenvalue weighted by Gasteiger charge is 2.26. The molecule has 2 N–H and O–H groups in total. The first kappa shape index (κ1) is 14.5. The maximum absolute atomic E-state index is 12.1. The topological polar surface area (TPSA) is 86.7 Å². The van der Waals surface area contributed by atoms with E-state index in [1.54, 1.807) is 11.0 Å². The van der Waals surface area contributed by atoms with E-state index in [1.165, 1.54) is 13.0 Å². The lowest BCUT2D eigenvalue weighted by atomic mass is 9.96. The molecule has 0 aromatic carbocycles. The van der Waals surface area contributed by atoms with Crippen molar-refractivity contribution in [1.82, 2.24) is 4.90 Å². The third-order valence-electron chi connectivity index (χ3n) is 3.37. The Hall–Kier alpha value is -1.89. The lowest BCUT2D eigenvalue weighted by Crippen LogP contribution is -2.40. The molecule has 2 amide bonds. The highest BCUT2D eigenvalue weighted by Crippen LogP contribution is 2.24. The van der Waals surface area contributed by atoms with Gasteiger partial charge < -0.3 is 15.3 Å². The van der Waals surface area contributed by atoms with Gasteiger partial charge in [0, 0.05) is 25.9 Å². The summed E-state index contributed by atoms with van der Waals surface area (Å²) in [6, 6.07) is 3.07. The van der Waals surface area contributed by atoms with Crippen LogP contribution in [0.25, 0.3) is 0 Å². The maximum Gasteiger partial charge on any atom is 0.345 e. The molecule has 2 rings (SSSR count). The minimum absolute atomic E-state index is 0.0354. The molecule has 0 aliphatic carbocycles. The van der Waals surface area contributed by atoms with Crippen LogP contribution in [0.3, 0.4) is 0 Å². The molecule has 20 heavy (non-hydrogen) atoms. The highest BCUT2D eigenvalue weighted by atomic mass is 32.1. The zero-order valence-electron chi connectivity index (χ0n) is 11.1. The summed E-state index contributed by atoms with van der Waals surface area (Å²) in [7, 11) is 0. The molecular formula is C13H16N2O4S. The summed E-state index contributed by atoms with van der Waals surface area (Å²) < 4.78 is 0. The molecule has 1 saturated heterocycles. The monoisotopic (exact) mass is 296 g/mol. The van der Waals surface area contributed by atoms with Crippen molar-refractivity contribution in [2.24, 2.45) is 5.92 Å². The molecule has 6 nitrogen and oxygen atoms in total. The van der Waals surface area contributed by atoms with Crippen molar-refractivity contribution >= 4 is 34.1 Å². The fourth-order valence-corrected chi connectivity index (χ4v) is 2.95. The van der Waals surface area contributed by atoms with Crippen molar-refractivity contribution in [2.45, 2.75) is 19.8 Å². The van der Waals surface area contributed by atoms with Crippen LogP contribution in [0.15, 0.2) is 12.1 Å². The molecule has 7 heteroatoms. The Bertz CT molecular complexity index is 532. The van der Waals surface area contributed by atoms with E-state index in [2.05, 4.69) is 5.32 Å². The molecule has 1 aromatic rings. The molecule has 0 radical (unpaired) electrons. The van der Waals surface area contributed by atoms with Gasteiger partial charge in [-0.1, -0.05) is 0 Å². The molecule has 1 aliphatic rings. The average molecular weight is 296 g/mol.